The number of aromatic nitrogens is 1. The number of rotatable bonds is 5. The largest absolute Gasteiger partial charge is 0.361 e. The highest BCUT2D eigenvalue weighted by molar-refractivity contribution is 5.87. The molecule has 1 atom stereocenters. The molecule has 0 fully saturated rings. The van der Waals surface area contributed by atoms with E-state index in [9.17, 15) is 0 Å². The minimum Gasteiger partial charge on any atom is -0.361 e. The van der Waals surface area contributed by atoms with Crippen molar-refractivity contribution in [1.82, 2.24) is 10.3 Å². The van der Waals surface area contributed by atoms with Gasteiger partial charge in [-0.25, -0.2) is 0 Å². The standard InChI is InChI=1S/C19H22N2/c1-14-7-6-10-18-19(14)17(13-21-18)16(11-12-20-2)15-8-4-3-5-9-15/h3-10,13,16,20-21H,11-12H2,1-2H3. The Hall–Kier alpha value is -2.06. The van der Waals surface area contributed by atoms with Crippen LogP contribution in [0.1, 0.15) is 29.0 Å². The highest BCUT2D eigenvalue weighted by Gasteiger charge is 2.18. The Kier molecular flexibility index (Phi) is 4.07. The van der Waals surface area contributed by atoms with Gasteiger partial charge in [0, 0.05) is 23.0 Å². The number of benzene rings is 2. The SMILES string of the molecule is CNCCC(c1ccccc1)c1c[nH]c2cccc(C)c12. The van der Waals surface area contributed by atoms with Crippen LogP contribution in [0.25, 0.3) is 10.9 Å². The first kappa shape index (κ1) is 13.9. The van der Waals surface area contributed by atoms with E-state index in [4.69, 9.17) is 0 Å². The first-order chi connectivity index (χ1) is 10.3. The van der Waals surface area contributed by atoms with E-state index in [0.717, 1.165) is 13.0 Å². The first-order valence-electron chi connectivity index (χ1n) is 7.57. The molecule has 0 aliphatic carbocycles. The van der Waals surface area contributed by atoms with Crippen molar-refractivity contribution < 1.29 is 0 Å². The van der Waals surface area contributed by atoms with Gasteiger partial charge in [0.05, 0.1) is 0 Å². The van der Waals surface area contributed by atoms with E-state index < -0.39 is 0 Å². The molecule has 0 aliphatic rings. The zero-order valence-corrected chi connectivity index (χ0v) is 12.7. The predicted molar refractivity (Wildman–Crippen MR) is 89.9 cm³/mol. The van der Waals surface area contributed by atoms with Gasteiger partial charge in [0.25, 0.3) is 0 Å². The van der Waals surface area contributed by atoms with Crippen molar-refractivity contribution in [3.05, 3.63) is 71.4 Å². The molecule has 0 bridgehead atoms. The van der Waals surface area contributed by atoms with E-state index in [2.05, 4.69) is 72.0 Å². The summed E-state index contributed by atoms with van der Waals surface area (Å²) in [5, 5.41) is 4.66. The molecule has 0 saturated heterocycles. The molecule has 2 heteroatoms. The number of H-pyrrole nitrogens is 1. The Balaban J connectivity index is 2.10. The molecule has 2 aromatic carbocycles. The van der Waals surface area contributed by atoms with Gasteiger partial charge in [0.15, 0.2) is 0 Å². The van der Waals surface area contributed by atoms with E-state index in [1.54, 1.807) is 0 Å². The summed E-state index contributed by atoms with van der Waals surface area (Å²) in [6.07, 6.45) is 3.28. The molecule has 1 aromatic heterocycles. The molecule has 0 amide bonds. The van der Waals surface area contributed by atoms with Crippen LogP contribution in [0.3, 0.4) is 0 Å². The minimum atomic E-state index is 0.425. The molecule has 3 rings (SSSR count). The Bertz CT molecular complexity index is 713. The van der Waals surface area contributed by atoms with Crippen LogP contribution < -0.4 is 5.32 Å². The van der Waals surface area contributed by atoms with Gasteiger partial charge < -0.3 is 10.3 Å². The van der Waals surface area contributed by atoms with Gasteiger partial charge in [0.1, 0.15) is 0 Å². The summed E-state index contributed by atoms with van der Waals surface area (Å²) in [7, 11) is 2.02. The van der Waals surface area contributed by atoms with Gasteiger partial charge in [-0.05, 0) is 49.7 Å². The van der Waals surface area contributed by atoms with Crippen LogP contribution in [-0.4, -0.2) is 18.6 Å². The van der Waals surface area contributed by atoms with Gasteiger partial charge in [-0.15, -0.1) is 0 Å². The molecule has 21 heavy (non-hydrogen) atoms. The average molecular weight is 278 g/mol. The van der Waals surface area contributed by atoms with Crippen LogP contribution in [-0.2, 0) is 0 Å². The number of hydrogen-bond acceptors (Lipinski definition) is 1. The monoisotopic (exact) mass is 278 g/mol. The van der Waals surface area contributed by atoms with Crippen LogP contribution >= 0.6 is 0 Å². The van der Waals surface area contributed by atoms with Gasteiger partial charge in [-0.1, -0.05) is 42.5 Å². The first-order valence-corrected chi connectivity index (χ1v) is 7.57. The van der Waals surface area contributed by atoms with E-state index >= 15 is 0 Å². The maximum Gasteiger partial charge on any atom is 0.0459 e. The Labute approximate surface area is 126 Å². The predicted octanol–water partition coefficient (Wildman–Crippen LogP) is 4.22. The molecular weight excluding hydrogens is 256 g/mol. The fourth-order valence-electron chi connectivity index (χ4n) is 3.15. The maximum absolute atomic E-state index is 3.44. The Morgan fingerprint density at radius 1 is 1.05 bits per heavy atom. The number of aryl methyl sites for hydroxylation is 1. The van der Waals surface area contributed by atoms with Crippen molar-refractivity contribution in [2.75, 3.05) is 13.6 Å². The molecule has 1 heterocycles. The molecule has 0 aliphatic heterocycles. The van der Waals surface area contributed by atoms with Gasteiger partial charge in [0.2, 0.25) is 0 Å². The lowest BCUT2D eigenvalue weighted by molar-refractivity contribution is 0.664. The average Bonchev–Trinajstić information content (AvgIpc) is 2.94. The molecule has 2 N–H and O–H groups in total. The van der Waals surface area contributed by atoms with E-state index in [-0.39, 0.29) is 0 Å². The van der Waals surface area contributed by atoms with Crippen molar-refractivity contribution >= 4 is 10.9 Å². The second-order valence-electron chi connectivity index (χ2n) is 5.60. The third-order valence-corrected chi connectivity index (χ3v) is 4.21. The van der Waals surface area contributed by atoms with Crippen LogP contribution in [0.4, 0.5) is 0 Å². The number of nitrogens with one attached hydrogen (secondary N) is 2. The fourth-order valence-corrected chi connectivity index (χ4v) is 3.15. The topological polar surface area (TPSA) is 27.8 Å². The van der Waals surface area contributed by atoms with E-state index in [1.807, 2.05) is 7.05 Å². The molecule has 2 nitrogen and oxygen atoms in total. The highest BCUT2D eigenvalue weighted by atomic mass is 14.8. The molecule has 0 radical (unpaired) electrons. The normalized spacial score (nSPS) is 12.7. The lowest BCUT2D eigenvalue weighted by atomic mass is 9.87. The lowest BCUT2D eigenvalue weighted by Gasteiger charge is -2.17. The van der Waals surface area contributed by atoms with E-state index in [0.29, 0.717) is 5.92 Å². The van der Waals surface area contributed by atoms with Crippen molar-refractivity contribution in [2.24, 2.45) is 0 Å². The number of aromatic amines is 1. The number of hydrogen-bond donors (Lipinski definition) is 2. The summed E-state index contributed by atoms with van der Waals surface area (Å²) in [5.41, 5.74) is 5.37. The van der Waals surface area contributed by atoms with Gasteiger partial charge in [-0.2, -0.15) is 0 Å². The second kappa shape index (κ2) is 6.15. The zero-order valence-electron chi connectivity index (χ0n) is 12.7. The summed E-state index contributed by atoms with van der Waals surface area (Å²) in [6, 6.07) is 17.3. The van der Waals surface area contributed by atoms with Crippen LogP contribution in [0.2, 0.25) is 0 Å². The van der Waals surface area contributed by atoms with Gasteiger partial charge in [-0.3, -0.25) is 0 Å². The lowest BCUT2D eigenvalue weighted by Crippen LogP contribution is -2.13. The summed E-state index contributed by atoms with van der Waals surface area (Å²) in [5.74, 6) is 0.425. The Morgan fingerprint density at radius 3 is 2.62 bits per heavy atom. The molecule has 3 aromatic rings. The Morgan fingerprint density at radius 2 is 1.86 bits per heavy atom. The van der Waals surface area contributed by atoms with Crippen LogP contribution in [0.15, 0.2) is 54.7 Å². The highest BCUT2D eigenvalue weighted by Crippen LogP contribution is 2.34. The van der Waals surface area contributed by atoms with Crippen molar-refractivity contribution in [3.63, 3.8) is 0 Å². The summed E-state index contributed by atoms with van der Waals surface area (Å²) >= 11 is 0. The third kappa shape index (κ3) is 2.72. The second-order valence-corrected chi connectivity index (χ2v) is 5.60. The van der Waals surface area contributed by atoms with Gasteiger partial charge >= 0.3 is 0 Å². The summed E-state index contributed by atoms with van der Waals surface area (Å²) in [4.78, 5) is 3.44. The fraction of sp³-hybridized carbons (Fsp3) is 0.263. The van der Waals surface area contributed by atoms with Crippen molar-refractivity contribution in [3.8, 4) is 0 Å². The van der Waals surface area contributed by atoms with Crippen LogP contribution in [0, 0.1) is 6.92 Å². The smallest absolute Gasteiger partial charge is 0.0459 e. The molecule has 0 saturated carbocycles. The molecule has 108 valence electrons. The van der Waals surface area contributed by atoms with Crippen LogP contribution in [0.5, 0.6) is 0 Å². The number of fused-ring (bicyclic) bond motifs is 1. The summed E-state index contributed by atoms with van der Waals surface area (Å²) < 4.78 is 0. The van der Waals surface area contributed by atoms with Crippen molar-refractivity contribution in [2.45, 2.75) is 19.3 Å². The quantitative estimate of drug-likeness (QED) is 0.718. The third-order valence-electron chi connectivity index (χ3n) is 4.21. The minimum absolute atomic E-state index is 0.425. The van der Waals surface area contributed by atoms with E-state index in [1.165, 1.54) is 27.6 Å². The molecule has 0 spiro atoms. The zero-order chi connectivity index (χ0) is 14.7. The molecular formula is C19H22N2. The molecule has 1 unspecified atom stereocenters. The summed E-state index contributed by atoms with van der Waals surface area (Å²) in [6.45, 7) is 3.21. The maximum atomic E-state index is 3.44. The van der Waals surface area contributed by atoms with Crippen molar-refractivity contribution in [1.29, 1.82) is 0 Å².